The minimum Gasteiger partial charge on any atom is -0.508 e. The number of anilines is 1. The Morgan fingerprint density at radius 3 is 2.49 bits per heavy atom. The highest BCUT2D eigenvalue weighted by molar-refractivity contribution is 6.18. The Bertz CT molecular complexity index is 2610. The number of benzene rings is 3. The van der Waals surface area contributed by atoms with E-state index in [1.165, 1.54) is 22.9 Å². The number of phenolic OH excluding ortho intramolecular Hbond substituents is 1. The first-order chi connectivity index (χ1) is 27.0. The van der Waals surface area contributed by atoms with E-state index in [9.17, 15) is 31.9 Å². The molecular weight excluding hydrogens is 759 g/mol. The standard InChI is InChI=1S/C40H34F7N7O3/c1-3-24-27(41)8-5-20-11-23(55)12-25(28(20)24)29-31(42)33-30(26-15-51(2)50-32(26)29)34(52-13-21-6-7-22(14-52)54(21)35(56)40(45,46)47)49-36(48-33)57-19-38-9-4-10-53(38)18-37(16-38)17-39(37,43)44/h1,5,8,11-12,15,21-22,55H,4,6-7,9-10,13-14,16-19H2,2H3/t21-,22+,37-,38-/m0/s1. The van der Waals surface area contributed by atoms with E-state index in [2.05, 4.69) is 16.0 Å². The van der Waals surface area contributed by atoms with E-state index in [1.54, 1.807) is 18.1 Å². The van der Waals surface area contributed by atoms with Gasteiger partial charge in [0, 0.05) is 55.6 Å². The monoisotopic (exact) mass is 793 g/mol. The van der Waals surface area contributed by atoms with Crippen LogP contribution < -0.4 is 9.64 Å². The topological polar surface area (TPSA) is 99.9 Å². The molecule has 4 atom stereocenters. The predicted octanol–water partition coefficient (Wildman–Crippen LogP) is 6.69. The minimum absolute atomic E-state index is 0.0302. The second kappa shape index (κ2) is 11.8. The van der Waals surface area contributed by atoms with Crippen molar-refractivity contribution in [2.75, 3.05) is 37.7 Å². The summed E-state index contributed by atoms with van der Waals surface area (Å²) in [5, 5.41) is 16.4. The van der Waals surface area contributed by atoms with Crippen LogP contribution in [0.15, 0.2) is 30.5 Å². The molecular formula is C40H34F7N7O3. The number of halogens is 7. The van der Waals surface area contributed by atoms with Crippen molar-refractivity contribution >= 4 is 44.3 Å². The second-order valence-electron chi connectivity index (χ2n) is 16.3. The molecule has 3 aromatic carbocycles. The third kappa shape index (κ3) is 5.21. The summed E-state index contributed by atoms with van der Waals surface area (Å²) < 4.78 is 111. The number of aromatic nitrogens is 4. The van der Waals surface area contributed by atoms with Gasteiger partial charge in [-0.25, -0.2) is 17.6 Å². The lowest BCUT2D eigenvalue weighted by Gasteiger charge is -2.42. The zero-order chi connectivity index (χ0) is 40.0. The molecule has 4 aliphatic heterocycles. The van der Waals surface area contributed by atoms with Crippen molar-refractivity contribution < 1.29 is 45.4 Å². The van der Waals surface area contributed by atoms with Crippen molar-refractivity contribution in [3.63, 3.8) is 0 Å². The molecule has 4 saturated heterocycles. The molecule has 1 spiro atoms. The fraction of sp³-hybridized carbons (Fsp3) is 0.450. The molecule has 2 bridgehead atoms. The fourth-order valence-electron chi connectivity index (χ4n) is 10.4. The summed E-state index contributed by atoms with van der Waals surface area (Å²) in [6, 6.07) is 3.25. The number of piperazine rings is 1. The van der Waals surface area contributed by atoms with Gasteiger partial charge in [-0.15, -0.1) is 6.42 Å². The van der Waals surface area contributed by atoms with Crippen LogP contribution in [0.2, 0.25) is 0 Å². The minimum atomic E-state index is -5.07. The number of amides is 1. The molecule has 5 aliphatic rings. The maximum absolute atomic E-state index is 17.7. The number of aromatic hydroxyl groups is 1. The van der Waals surface area contributed by atoms with E-state index >= 15 is 8.78 Å². The molecule has 10 rings (SSSR count). The van der Waals surface area contributed by atoms with Crippen LogP contribution in [0.4, 0.5) is 36.6 Å². The second-order valence-corrected chi connectivity index (χ2v) is 16.3. The van der Waals surface area contributed by atoms with E-state index in [-0.39, 0.29) is 95.2 Å². The molecule has 57 heavy (non-hydrogen) atoms. The van der Waals surface area contributed by atoms with Crippen LogP contribution in [0.3, 0.4) is 0 Å². The quantitative estimate of drug-likeness (QED) is 0.156. The maximum Gasteiger partial charge on any atom is 0.471 e. The number of rotatable bonds is 5. The Labute approximate surface area is 320 Å². The highest BCUT2D eigenvalue weighted by Crippen LogP contribution is 2.69. The predicted molar refractivity (Wildman–Crippen MR) is 194 cm³/mol. The fourth-order valence-corrected chi connectivity index (χ4v) is 10.4. The van der Waals surface area contributed by atoms with Gasteiger partial charge in [0.15, 0.2) is 5.82 Å². The van der Waals surface area contributed by atoms with E-state index in [0.29, 0.717) is 36.6 Å². The Balaban J connectivity index is 1.16. The first kappa shape index (κ1) is 36.0. The number of fused-ring (bicyclic) bond motifs is 7. The number of terminal acetylenes is 1. The normalized spacial score (nSPS) is 26.6. The molecule has 5 fully saturated rings. The van der Waals surface area contributed by atoms with Crippen LogP contribution in [-0.2, 0) is 11.8 Å². The summed E-state index contributed by atoms with van der Waals surface area (Å²) in [6.07, 6.45) is 4.28. The zero-order valence-electron chi connectivity index (χ0n) is 30.4. The number of phenols is 1. The number of alkyl halides is 5. The van der Waals surface area contributed by atoms with Gasteiger partial charge in [-0.2, -0.15) is 28.2 Å². The van der Waals surface area contributed by atoms with Crippen molar-refractivity contribution in [2.24, 2.45) is 12.5 Å². The number of ether oxygens (including phenoxy) is 1. The van der Waals surface area contributed by atoms with Crippen molar-refractivity contribution in [1.29, 1.82) is 0 Å². The van der Waals surface area contributed by atoms with Crippen LogP contribution in [0.25, 0.3) is 43.7 Å². The Kier molecular flexibility index (Phi) is 7.48. The Morgan fingerprint density at radius 1 is 1.07 bits per heavy atom. The molecule has 1 amide bonds. The zero-order valence-corrected chi connectivity index (χ0v) is 30.4. The molecule has 17 heteroatoms. The van der Waals surface area contributed by atoms with Gasteiger partial charge in [0.2, 0.25) is 0 Å². The van der Waals surface area contributed by atoms with Gasteiger partial charge in [-0.05, 0) is 67.8 Å². The lowest BCUT2D eigenvalue weighted by Crippen LogP contribution is -2.59. The summed E-state index contributed by atoms with van der Waals surface area (Å²) in [5.41, 5.74) is -2.35. The molecule has 1 aliphatic carbocycles. The SMILES string of the molecule is C#Cc1c(F)ccc2cc(O)cc(-c3c(F)c4nc(OC[C@@]56CCCN5C[C@@]5(CC5(F)F)C6)nc(N5C[C@H]6CC[C@@H](C5)N6C(=O)C(F)(F)F)c4c4cn(C)nc34)c12. The van der Waals surface area contributed by atoms with Crippen LogP contribution in [0, 0.1) is 29.4 Å². The number of hydrogen-bond acceptors (Lipinski definition) is 8. The van der Waals surface area contributed by atoms with Gasteiger partial charge in [-0.1, -0.05) is 12.0 Å². The summed E-state index contributed by atoms with van der Waals surface area (Å²) in [4.78, 5) is 26.5. The Hall–Kier alpha value is -5.37. The Morgan fingerprint density at radius 2 is 1.81 bits per heavy atom. The lowest BCUT2D eigenvalue weighted by molar-refractivity contribution is -0.188. The maximum atomic E-state index is 17.7. The number of nitrogens with zero attached hydrogens (tertiary/aromatic N) is 7. The molecule has 6 heterocycles. The van der Waals surface area contributed by atoms with E-state index in [0.717, 1.165) is 17.4 Å². The smallest absolute Gasteiger partial charge is 0.471 e. The van der Waals surface area contributed by atoms with E-state index < -0.39 is 52.7 Å². The molecule has 10 nitrogen and oxygen atoms in total. The van der Waals surface area contributed by atoms with Crippen LogP contribution >= 0.6 is 0 Å². The van der Waals surface area contributed by atoms with Crippen molar-refractivity contribution in [1.82, 2.24) is 29.5 Å². The number of hydrogen-bond donors (Lipinski definition) is 1. The molecule has 296 valence electrons. The summed E-state index contributed by atoms with van der Waals surface area (Å²) in [6.45, 7) is 0.648. The van der Waals surface area contributed by atoms with Crippen LogP contribution in [0.1, 0.15) is 44.1 Å². The van der Waals surface area contributed by atoms with E-state index in [4.69, 9.17) is 16.1 Å². The average Bonchev–Trinajstić information content (AvgIpc) is 3.62. The molecule has 0 radical (unpaired) electrons. The van der Waals surface area contributed by atoms with Crippen LogP contribution in [-0.4, -0.2) is 103 Å². The number of carbonyl (C=O) groups is 1. The summed E-state index contributed by atoms with van der Waals surface area (Å²) >= 11 is 0. The van der Waals surface area contributed by atoms with Gasteiger partial charge in [0.05, 0.1) is 34.0 Å². The number of carbonyl (C=O) groups excluding carboxylic acids is 1. The van der Waals surface area contributed by atoms with Crippen LogP contribution in [0.5, 0.6) is 11.8 Å². The molecule has 1 saturated carbocycles. The highest BCUT2D eigenvalue weighted by atomic mass is 19.4. The van der Waals surface area contributed by atoms with Crippen molar-refractivity contribution in [2.45, 2.75) is 68.2 Å². The van der Waals surface area contributed by atoms with Gasteiger partial charge >= 0.3 is 18.1 Å². The third-order valence-corrected chi connectivity index (χ3v) is 12.9. The summed E-state index contributed by atoms with van der Waals surface area (Å²) in [7, 11) is 1.60. The lowest BCUT2D eigenvalue weighted by atomic mass is 9.89. The largest absolute Gasteiger partial charge is 0.508 e. The van der Waals surface area contributed by atoms with Gasteiger partial charge in [0.25, 0.3) is 5.92 Å². The van der Waals surface area contributed by atoms with Gasteiger partial charge in [0.1, 0.15) is 35.0 Å². The first-order valence-electron chi connectivity index (χ1n) is 18.7. The molecule has 5 aromatic rings. The highest BCUT2D eigenvalue weighted by Gasteiger charge is 2.77. The third-order valence-electron chi connectivity index (χ3n) is 12.9. The molecule has 0 unspecified atom stereocenters. The first-order valence-corrected chi connectivity index (χ1v) is 18.7. The molecule has 2 aromatic heterocycles. The average molecular weight is 794 g/mol. The van der Waals surface area contributed by atoms with E-state index in [1.807, 2.05) is 4.90 Å². The van der Waals surface area contributed by atoms with Gasteiger partial charge in [-0.3, -0.25) is 14.4 Å². The van der Waals surface area contributed by atoms with Crippen molar-refractivity contribution in [3.8, 4) is 35.2 Å². The van der Waals surface area contributed by atoms with Crippen molar-refractivity contribution in [3.05, 3.63) is 47.7 Å². The summed E-state index contributed by atoms with van der Waals surface area (Å²) in [5.74, 6) is -4.19. The van der Waals surface area contributed by atoms with Gasteiger partial charge < -0.3 is 19.6 Å². The molecule has 1 N–H and O–H groups in total. The number of aryl methyl sites for hydroxylation is 1.